The molecule has 33 heavy (non-hydrogen) atoms. The largest absolute Gasteiger partial charge is 0.457 e. The van der Waals surface area contributed by atoms with Crippen molar-refractivity contribution in [3.8, 4) is 0 Å². The number of aliphatic hydroxyl groups excluding tert-OH is 1. The molecule has 2 atom stereocenters. The minimum Gasteiger partial charge on any atom is -0.457 e. The Bertz CT molecular complexity index is 1150. The Morgan fingerprint density at radius 2 is 1.97 bits per heavy atom. The van der Waals surface area contributed by atoms with Gasteiger partial charge in [-0.25, -0.2) is 9.78 Å². The number of esters is 1. The summed E-state index contributed by atoms with van der Waals surface area (Å²) in [6, 6.07) is 8.47. The Morgan fingerprint density at radius 1 is 1.24 bits per heavy atom. The fourth-order valence-corrected chi connectivity index (χ4v) is 2.94. The SMILES string of the molecule is CC[C@H](CO)O[C@H](COC(=O)c1ccccc1)n1cnc2c(=O)[nH]c(NC(=O)C(C)C)nc21. The van der Waals surface area contributed by atoms with Crippen molar-refractivity contribution in [1.82, 2.24) is 19.5 Å². The van der Waals surface area contributed by atoms with Gasteiger partial charge in [0.05, 0.1) is 24.6 Å². The van der Waals surface area contributed by atoms with E-state index in [9.17, 15) is 19.5 Å². The van der Waals surface area contributed by atoms with E-state index in [2.05, 4.69) is 20.3 Å². The van der Waals surface area contributed by atoms with E-state index >= 15 is 0 Å². The van der Waals surface area contributed by atoms with Crippen molar-refractivity contribution < 1.29 is 24.2 Å². The van der Waals surface area contributed by atoms with Crippen LogP contribution in [-0.4, -0.2) is 55.8 Å². The third-order valence-electron chi connectivity index (χ3n) is 4.88. The molecule has 0 bridgehead atoms. The van der Waals surface area contributed by atoms with Crippen LogP contribution in [0.15, 0.2) is 41.5 Å². The lowest BCUT2D eigenvalue weighted by Gasteiger charge is -2.24. The number of benzene rings is 1. The zero-order valence-corrected chi connectivity index (χ0v) is 18.6. The highest BCUT2D eigenvalue weighted by Gasteiger charge is 2.23. The van der Waals surface area contributed by atoms with Gasteiger partial charge in [0.2, 0.25) is 11.9 Å². The Morgan fingerprint density at radius 3 is 2.61 bits per heavy atom. The molecule has 3 N–H and O–H groups in total. The summed E-state index contributed by atoms with van der Waals surface area (Å²) >= 11 is 0. The van der Waals surface area contributed by atoms with Crippen molar-refractivity contribution in [2.75, 3.05) is 18.5 Å². The average molecular weight is 457 g/mol. The van der Waals surface area contributed by atoms with Crippen LogP contribution >= 0.6 is 0 Å². The molecule has 2 aromatic heterocycles. The van der Waals surface area contributed by atoms with E-state index in [1.807, 2.05) is 6.92 Å². The van der Waals surface area contributed by atoms with Crippen LogP contribution in [0, 0.1) is 5.92 Å². The first-order valence-corrected chi connectivity index (χ1v) is 10.6. The molecule has 0 spiro atoms. The second kappa shape index (κ2) is 10.8. The quantitative estimate of drug-likeness (QED) is 0.391. The summed E-state index contributed by atoms with van der Waals surface area (Å²) < 4.78 is 12.8. The fourth-order valence-electron chi connectivity index (χ4n) is 2.94. The van der Waals surface area contributed by atoms with E-state index in [-0.39, 0.29) is 42.2 Å². The predicted octanol–water partition coefficient (Wildman–Crippen LogP) is 1.86. The highest BCUT2D eigenvalue weighted by atomic mass is 16.6. The van der Waals surface area contributed by atoms with Gasteiger partial charge in [0.15, 0.2) is 17.4 Å². The number of nitrogens with one attached hydrogen (secondary N) is 2. The zero-order chi connectivity index (χ0) is 24.0. The molecule has 11 heteroatoms. The molecule has 0 saturated heterocycles. The van der Waals surface area contributed by atoms with Gasteiger partial charge in [0.1, 0.15) is 6.61 Å². The lowest BCUT2D eigenvalue weighted by Crippen LogP contribution is -2.28. The number of hydrogen-bond acceptors (Lipinski definition) is 8. The Labute approximate surface area is 189 Å². The molecule has 0 fully saturated rings. The molecule has 0 aliphatic heterocycles. The van der Waals surface area contributed by atoms with Crippen LogP contribution in [0.5, 0.6) is 0 Å². The van der Waals surface area contributed by atoms with Crippen LogP contribution < -0.4 is 10.9 Å². The molecule has 0 aliphatic carbocycles. The van der Waals surface area contributed by atoms with Gasteiger partial charge in [-0.2, -0.15) is 4.98 Å². The van der Waals surface area contributed by atoms with E-state index < -0.39 is 23.9 Å². The third-order valence-corrected chi connectivity index (χ3v) is 4.88. The summed E-state index contributed by atoms with van der Waals surface area (Å²) in [7, 11) is 0. The van der Waals surface area contributed by atoms with Gasteiger partial charge in [-0.1, -0.05) is 39.0 Å². The first kappa shape index (κ1) is 24.1. The third kappa shape index (κ3) is 5.82. The second-order valence-electron chi connectivity index (χ2n) is 7.65. The number of H-pyrrole nitrogens is 1. The number of carbonyl (C=O) groups is 2. The lowest BCUT2D eigenvalue weighted by atomic mass is 10.2. The first-order chi connectivity index (χ1) is 15.8. The molecule has 1 amide bonds. The highest BCUT2D eigenvalue weighted by Crippen LogP contribution is 2.20. The molecule has 2 heterocycles. The molecule has 1 aromatic carbocycles. The van der Waals surface area contributed by atoms with Gasteiger partial charge < -0.3 is 14.6 Å². The number of fused-ring (bicyclic) bond motifs is 1. The van der Waals surface area contributed by atoms with Crippen LogP contribution in [0.1, 0.15) is 43.8 Å². The minimum absolute atomic E-state index is 0.0255. The van der Waals surface area contributed by atoms with Gasteiger partial charge in [-0.15, -0.1) is 0 Å². The maximum atomic E-state index is 12.5. The van der Waals surface area contributed by atoms with Gasteiger partial charge in [0, 0.05) is 5.92 Å². The Kier molecular flexibility index (Phi) is 7.91. The second-order valence-corrected chi connectivity index (χ2v) is 7.65. The molecule has 0 radical (unpaired) electrons. The molecule has 176 valence electrons. The number of ether oxygens (including phenoxy) is 2. The maximum Gasteiger partial charge on any atom is 0.338 e. The van der Waals surface area contributed by atoms with E-state index in [0.717, 1.165) is 0 Å². The van der Waals surface area contributed by atoms with Crippen molar-refractivity contribution in [1.29, 1.82) is 0 Å². The van der Waals surface area contributed by atoms with E-state index in [1.54, 1.807) is 44.2 Å². The van der Waals surface area contributed by atoms with Crippen LogP contribution in [0.4, 0.5) is 5.95 Å². The summed E-state index contributed by atoms with van der Waals surface area (Å²) in [6.45, 7) is 4.78. The lowest BCUT2D eigenvalue weighted by molar-refractivity contribution is -0.118. The zero-order valence-electron chi connectivity index (χ0n) is 18.6. The summed E-state index contributed by atoms with van der Waals surface area (Å²) in [5.74, 6) is -1.23. The van der Waals surface area contributed by atoms with Crippen molar-refractivity contribution in [3.63, 3.8) is 0 Å². The maximum absolute atomic E-state index is 12.5. The molecular formula is C22H27N5O6. The summed E-state index contributed by atoms with van der Waals surface area (Å²) in [4.78, 5) is 47.9. The average Bonchev–Trinajstić information content (AvgIpc) is 3.24. The molecule has 0 aliphatic rings. The number of aliphatic hydroxyl groups is 1. The molecule has 0 unspecified atom stereocenters. The van der Waals surface area contributed by atoms with Gasteiger partial charge in [0.25, 0.3) is 5.56 Å². The van der Waals surface area contributed by atoms with Crippen molar-refractivity contribution >= 4 is 29.0 Å². The molecule has 3 aromatic rings. The first-order valence-electron chi connectivity index (χ1n) is 10.6. The molecule has 0 saturated carbocycles. The van der Waals surface area contributed by atoms with Crippen molar-refractivity contribution in [3.05, 3.63) is 52.6 Å². The highest BCUT2D eigenvalue weighted by molar-refractivity contribution is 5.91. The van der Waals surface area contributed by atoms with Crippen LogP contribution in [0.3, 0.4) is 0 Å². The number of amides is 1. The minimum atomic E-state index is -0.928. The number of carbonyl (C=O) groups excluding carboxylic acids is 2. The number of imidazole rings is 1. The fraction of sp³-hybridized carbons (Fsp3) is 0.409. The smallest absolute Gasteiger partial charge is 0.338 e. The van der Waals surface area contributed by atoms with E-state index in [4.69, 9.17) is 9.47 Å². The summed E-state index contributed by atoms with van der Waals surface area (Å²) in [5.41, 5.74) is -0.0230. The number of hydrogen-bond donors (Lipinski definition) is 3. The number of nitrogens with zero attached hydrogens (tertiary/aromatic N) is 3. The van der Waals surface area contributed by atoms with Crippen LogP contribution in [0.2, 0.25) is 0 Å². The topological polar surface area (TPSA) is 148 Å². The predicted molar refractivity (Wildman–Crippen MR) is 120 cm³/mol. The van der Waals surface area contributed by atoms with Gasteiger partial charge >= 0.3 is 5.97 Å². The molecular weight excluding hydrogens is 430 g/mol. The Balaban J connectivity index is 1.93. The number of aromatic amines is 1. The summed E-state index contributed by atoms with van der Waals surface area (Å²) in [5, 5.41) is 12.2. The number of anilines is 1. The van der Waals surface area contributed by atoms with Gasteiger partial charge in [-0.05, 0) is 18.6 Å². The number of aromatic nitrogens is 4. The standard InChI is InChI=1S/C22H27N5O6/c1-4-15(10-28)33-16(11-32-21(31)14-8-6-5-7-9-14)27-12-23-17-18(27)24-22(26-20(17)30)25-19(29)13(2)3/h5-9,12-13,15-16,28H,4,10-11H2,1-3H3,(H2,24,25,26,29,30)/t15-,16-/m1/s1. The van der Waals surface area contributed by atoms with E-state index in [1.165, 1.54) is 10.9 Å². The van der Waals surface area contributed by atoms with Crippen molar-refractivity contribution in [2.45, 2.75) is 39.5 Å². The normalized spacial score (nSPS) is 13.1. The number of rotatable bonds is 10. The van der Waals surface area contributed by atoms with Crippen molar-refractivity contribution in [2.24, 2.45) is 5.92 Å². The molecule has 3 rings (SSSR count). The van der Waals surface area contributed by atoms with Crippen LogP contribution in [-0.2, 0) is 14.3 Å². The molecule has 11 nitrogen and oxygen atoms in total. The van der Waals surface area contributed by atoms with Crippen LogP contribution in [0.25, 0.3) is 11.2 Å². The van der Waals surface area contributed by atoms with E-state index in [0.29, 0.717) is 12.0 Å². The summed E-state index contributed by atoms with van der Waals surface area (Å²) in [6.07, 6.45) is 0.356. The van der Waals surface area contributed by atoms with Gasteiger partial charge in [-0.3, -0.25) is 24.5 Å². The monoisotopic (exact) mass is 457 g/mol. The Hall–Kier alpha value is -3.57.